The summed E-state index contributed by atoms with van der Waals surface area (Å²) in [6.45, 7) is 0.296. The zero-order valence-corrected chi connectivity index (χ0v) is 16.4. The second-order valence-electron chi connectivity index (χ2n) is 7.43. The van der Waals surface area contributed by atoms with Crippen molar-refractivity contribution in [3.05, 3.63) is 71.3 Å². The van der Waals surface area contributed by atoms with Gasteiger partial charge in [-0.15, -0.1) is 0 Å². The minimum Gasteiger partial charge on any atom is -0.457 e. The molecule has 1 N–H and O–H groups in total. The first kappa shape index (κ1) is 19.2. The van der Waals surface area contributed by atoms with E-state index in [1.165, 1.54) is 18.4 Å². The number of benzene rings is 2. The number of carbonyl (C=O) groups excluding carboxylic acids is 2. The highest BCUT2D eigenvalue weighted by Gasteiger charge is 2.33. The fourth-order valence-electron chi connectivity index (χ4n) is 3.93. The van der Waals surface area contributed by atoms with Gasteiger partial charge in [0.15, 0.2) is 6.61 Å². The Balaban J connectivity index is 1.36. The molecular formula is C24H25NO4. The van der Waals surface area contributed by atoms with Gasteiger partial charge in [-0.05, 0) is 44.2 Å². The summed E-state index contributed by atoms with van der Waals surface area (Å²) in [5, 5.41) is 2.84. The van der Waals surface area contributed by atoms with E-state index < -0.39 is 11.9 Å². The minimum absolute atomic E-state index is 0.275. The van der Waals surface area contributed by atoms with E-state index in [1.807, 2.05) is 48.5 Å². The molecule has 2 aromatic rings. The lowest BCUT2D eigenvalue weighted by Gasteiger charge is -2.26. The van der Waals surface area contributed by atoms with Crippen molar-refractivity contribution >= 4 is 11.9 Å². The molecule has 1 heterocycles. The number of fused-ring (bicyclic) bond motifs is 2. The summed E-state index contributed by atoms with van der Waals surface area (Å²) in [6, 6.07) is 14.8. The predicted molar refractivity (Wildman–Crippen MR) is 110 cm³/mol. The second-order valence-corrected chi connectivity index (χ2v) is 7.43. The fraction of sp³-hybridized carbons (Fsp3) is 0.333. The van der Waals surface area contributed by atoms with E-state index in [0.717, 1.165) is 30.4 Å². The molecule has 1 aliphatic heterocycles. The maximum atomic E-state index is 12.9. The Morgan fingerprint density at radius 2 is 1.69 bits per heavy atom. The van der Waals surface area contributed by atoms with E-state index in [4.69, 9.17) is 9.47 Å². The zero-order valence-electron chi connectivity index (χ0n) is 16.4. The molecule has 29 heavy (non-hydrogen) atoms. The van der Waals surface area contributed by atoms with Gasteiger partial charge in [0.1, 0.15) is 17.4 Å². The van der Waals surface area contributed by atoms with Gasteiger partial charge in [0.25, 0.3) is 5.91 Å². The number of nitrogens with one attached hydrogen (secondary N) is 1. The van der Waals surface area contributed by atoms with E-state index >= 15 is 0 Å². The zero-order chi connectivity index (χ0) is 20.1. The van der Waals surface area contributed by atoms with Crippen LogP contribution in [-0.4, -0.2) is 25.0 Å². The van der Waals surface area contributed by atoms with Gasteiger partial charge in [0.2, 0.25) is 0 Å². The Labute approximate surface area is 170 Å². The molecule has 0 atom stereocenters. The summed E-state index contributed by atoms with van der Waals surface area (Å²) in [5.41, 5.74) is 2.91. The first-order chi connectivity index (χ1) is 14.2. The predicted octanol–water partition coefficient (Wildman–Crippen LogP) is 4.47. The third-order valence-electron chi connectivity index (χ3n) is 5.41. The average Bonchev–Trinajstić information content (AvgIpc) is 2.76. The molecule has 5 nitrogen and oxygen atoms in total. The highest BCUT2D eigenvalue weighted by molar-refractivity contribution is 5.87. The maximum Gasteiger partial charge on any atom is 0.318 e. The van der Waals surface area contributed by atoms with Crippen molar-refractivity contribution in [2.75, 3.05) is 13.2 Å². The summed E-state index contributed by atoms with van der Waals surface area (Å²) in [5.74, 6) is -0.0465. The molecule has 0 aromatic heterocycles. The van der Waals surface area contributed by atoms with Crippen LogP contribution in [0.15, 0.2) is 60.2 Å². The molecule has 0 bridgehead atoms. The van der Waals surface area contributed by atoms with Crippen molar-refractivity contribution in [3.8, 4) is 11.5 Å². The first-order valence-corrected chi connectivity index (χ1v) is 10.2. The van der Waals surface area contributed by atoms with Crippen LogP contribution < -0.4 is 10.1 Å². The third kappa shape index (κ3) is 4.50. The SMILES string of the molecule is O=C(COC(=O)C1c2ccccc2Oc2ccccc21)NCCC1=CCCCC1. The van der Waals surface area contributed by atoms with E-state index in [9.17, 15) is 9.59 Å². The summed E-state index contributed by atoms with van der Waals surface area (Å²) in [4.78, 5) is 25.0. The molecule has 0 fully saturated rings. The van der Waals surface area contributed by atoms with Crippen LogP contribution in [0.3, 0.4) is 0 Å². The van der Waals surface area contributed by atoms with Crippen LogP contribution in [0, 0.1) is 0 Å². The molecule has 2 aliphatic rings. The minimum atomic E-state index is -0.601. The number of hydrogen-bond acceptors (Lipinski definition) is 4. The lowest BCUT2D eigenvalue weighted by molar-refractivity contribution is -0.149. The van der Waals surface area contributed by atoms with Gasteiger partial charge in [-0.1, -0.05) is 48.0 Å². The lowest BCUT2D eigenvalue weighted by atomic mass is 9.88. The highest BCUT2D eigenvalue weighted by atomic mass is 16.5. The van der Waals surface area contributed by atoms with Crippen molar-refractivity contribution in [1.29, 1.82) is 0 Å². The van der Waals surface area contributed by atoms with Crippen molar-refractivity contribution in [1.82, 2.24) is 5.32 Å². The molecule has 0 saturated carbocycles. The van der Waals surface area contributed by atoms with Gasteiger partial charge in [0.05, 0.1) is 0 Å². The number of carbonyl (C=O) groups is 2. The maximum absolute atomic E-state index is 12.9. The van der Waals surface area contributed by atoms with Gasteiger partial charge < -0.3 is 14.8 Å². The van der Waals surface area contributed by atoms with Crippen LogP contribution in [0.4, 0.5) is 0 Å². The molecule has 0 radical (unpaired) electrons. The molecule has 0 spiro atoms. The molecule has 2 aromatic carbocycles. The molecule has 1 amide bonds. The van der Waals surface area contributed by atoms with Gasteiger partial charge in [-0.2, -0.15) is 0 Å². The van der Waals surface area contributed by atoms with Crippen LogP contribution in [0.5, 0.6) is 11.5 Å². The van der Waals surface area contributed by atoms with E-state index in [2.05, 4.69) is 11.4 Å². The molecular weight excluding hydrogens is 366 g/mol. The van der Waals surface area contributed by atoms with Crippen LogP contribution in [-0.2, 0) is 14.3 Å². The number of ether oxygens (including phenoxy) is 2. The highest BCUT2D eigenvalue weighted by Crippen LogP contribution is 2.44. The standard InChI is InChI=1S/C24H25NO4/c26-22(25-15-14-17-8-2-1-3-9-17)16-28-24(27)23-18-10-4-6-12-20(18)29-21-13-7-5-11-19(21)23/h4-8,10-13,23H,1-3,9,14-16H2,(H,25,26). The average molecular weight is 391 g/mol. The van der Waals surface area contributed by atoms with Crippen molar-refractivity contribution in [2.24, 2.45) is 0 Å². The third-order valence-corrected chi connectivity index (χ3v) is 5.41. The van der Waals surface area contributed by atoms with E-state index in [1.54, 1.807) is 0 Å². The molecule has 150 valence electrons. The Morgan fingerprint density at radius 3 is 2.34 bits per heavy atom. The molecule has 5 heteroatoms. The lowest BCUT2D eigenvalue weighted by Crippen LogP contribution is -2.31. The number of esters is 1. The number of hydrogen-bond donors (Lipinski definition) is 1. The molecule has 1 aliphatic carbocycles. The van der Waals surface area contributed by atoms with Crippen LogP contribution in [0.1, 0.15) is 49.1 Å². The van der Waals surface area contributed by atoms with Crippen molar-refractivity contribution in [2.45, 2.75) is 38.0 Å². The van der Waals surface area contributed by atoms with Gasteiger partial charge in [-0.25, -0.2) is 0 Å². The number of amides is 1. The largest absolute Gasteiger partial charge is 0.457 e. The number of para-hydroxylation sites is 2. The summed E-state index contributed by atoms with van der Waals surface area (Å²) >= 11 is 0. The summed E-state index contributed by atoms with van der Waals surface area (Å²) in [7, 11) is 0. The Morgan fingerprint density at radius 1 is 1.00 bits per heavy atom. The smallest absolute Gasteiger partial charge is 0.318 e. The van der Waals surface area contributed by atoms with Crippen LogP contribution in [0.2, 0.25) is 0 Å². The van der Waals surface area contributed by atoms with Crippen LogP contribution >= 0.6 is 0 Å². The monoisotopic (exact) mass is 391 g/mol. The van der Waals surface area contributed by atoms with Crippen molar-refractivity contribution in [3.63, 3.8) is 0 Å². The number of rotatable bonds is 6. The number of allylic oxidation sites excluding steroid dienone is 1. The van der Waals surface area contributed by atoms with Gasteiger partial charge in [0, 0.05) is 17.7 Å². The van der Waals surface area contributed by atoms with E-state index in [0.29, 0.717) is 18.0 Å². The molecule has 0 saturated heterocycles. The fourth-order valence-corrected chi connectivity index (χ4v) is 3.93. The quantitative estimate of drug-likeness (QED) is 0.583. The Bertz CT molecular complexity index is 888. The molecule has 0 unspecified atom stereocenters. The second kappa shape index (κ2) is 8.95. The summed E-state index contributed by atoms with van der Waals surface area (Å²) in [6.07, 6.45) is 7.87. The first-order valence-electron chi connectivity index (χ1n) is 10.2. The summed E-state index contributed by atoms with van der Waals surface area (Å²) < 4.78 is 11.3. The van der Waals surface area contributed by atoms with E-state index in [-0.39, 0.29) is 12.5 Å². The Hall–Kier alpha value is -3.08. The van der Waals surface area contributed by atoms with Crippen LogP contribution in [0.25, 0.3) is 0 Å². The molecule has 4 rings (SSSR count). The topological polar surface area (TPSA) is 64.6 Å². The van der Waals surface area contributed by atoms with Gasteiger partial charge >= 0.3 is 5.97 Å². The normalized spacial score (nSPS) is 15.4. The van der Waals surface area contributed by atoms with Gasteiger partial charge in [-0.3, -0.25) is 9.59 Å². The Kier molecular flexibility index (Phi) is 5.94. The van der Waals surface area contributed by atoms with Crippen molar-refractivity contribution < 1.29 is 19.1 Å².